The predicted octanol–water partition coefficient (Wildman–Crippen LogP) is 2.22. The van der Waals surface area contributed by atoms with Crippen molar-refractivity contribution in [2.45, 2.75) is 19.4 Å². The number of hydrogen-bond donors (Lipinski definition) is 2. The molecule has 16 heavy (non-hydrogen) atoms. The first-order valence-electron chi connectivity index (χ1n) is 5.52. The monoisotopic (exact) mass is 237 g/mol. The van der Waals surface area contributed by atoms with E-state index in [0.29, 0.717) is 10.6 Å². The van der Waals surface area contributed by atoms with Gasteiger partial charge in [0.15, 0.2) is 0 Å². The molecule has 0 spiro atoms. The summed E-state index contributed by atoms with van der Waals surface area (Å²) < 4.78 is 0. The van der Waals surface area contributed by atoms with Crippen LogP contribution in [0.5, 0.6) is 0 Å². The minimum Gasteiger partial charge on any atom is -0.384 e. The maximum Gasteiger partial charge on any atom is 0.122 e. The Morgan fingerprint density at radius 1 is 1.38 bits per heavy atom. The Balaban J connectivity index is 2.12. The van der Waals surface area contributed by atoms with E-state index in [0.717, 1.165) is 25.2 Å². The van der Waals surface area contributed by atoms with E-state index in [2.05, 4.69) is 4.90 Å². The van der Waals surface area contributed by atoms with Crippen LogP contribution in [-0.2, 0) is 6.54 Å². The normalized spacial score (nSPS) is 16.6. The van der Waals surface area contributed by atoms with Gasteiger partial charge in [0.05, 0.1) is 0 Å². The number of rotatable bonds is 3. The third kappa shape index (κ3) is 2.54. The van der Waals surface area contributed by atoms with Crippen LogP contribution in [0.25, 0.3) is 0 Å². The molecule has 1 aliphatic rings. The summed E-state index contributed by atoms with van der Waals surface area (Å²) >= 11 is 6.17. The van der Waals surface area contributed by atoms with E-state index < -0.39 is 0 Å². The molecule has 2 rings (SSSR count). The molecule has 1 saturated heterocycles. The number of nitrogens with zero attached hydrogens (tertiary/aromatic N) is 1. The average Bonchev–Trinajstić information content (AvgIpc) is 2.73. The number of benzene rings is 1. The molecule has 1 aliphatic heterocycles. The van der Waals surface area contributed by atoms with Crippen LogP contribution in [0.1, 0.15) is 24.0 Å². The van der Waals surface area contributed by atoms with Crippen LogP contribution in [0.3, 0.4) is 0 Å². The zero-order valence-corrected chi connectivity index (χ0v) is 9.93. The van der Waals surface area contributed by atoms with E-state index in [1.807, 2.05) is 12.1 Å². The predicted molar refractivity (Wildman–Crippen MR) is 67.0 cm³/mol. The molecule has 0 aromatic heterocycles. The maximum atomic E-state index is 7.34. The molecule has 4 heteroatoms. The number of nitrogen functional groups attached to an aromatic ring is 1. The maximum absolute atomic E-state index is 7.34. The van der Waals surface area contributed by atoms with Crippen LogP contribution in [0.2, 0.25) is 5.02 Å². The molecule has 86 valence electrons. The first-order valence-corrected chi connectivity index (χ1v) is 5.90. The number of likely N-dealkylation sites (tertiary alicyclic amines) is 1. The number of halogens is 1. The molecule has 1 aromatic carbocycles. The van der Waals surface area contributed by atoms with Crippen molar-refractivity contribution in [1.29, 1.82) is 5.41 Å². The summed E-state index contributed by atoms with van der Waals surface area (Å²) in [6.07, 6.45) is 2.56. The lowest BCUT2D eigenvalue weighted by Gasteiger charge is -2.15. The Kier molecular flexibility index (Phi) is 3.46. The second kappa shape index (κ2) is 4.85. The van der Waals surface area contributed by atoms with E-state index in [4.69, 9.17) is 22.7 Å². The number of nitrogens with one attached hydrogen (secondary N) is 1. The molecule has 0 unspecified atom stereocenters. The van der Waals surface area contributed by atoms with Gasteiger partial charge in [0.2, 0.25) is 0 Å². The average molecular weight is 238 g/mol. The van der Waals surface area contributed by atoms with E-state index >= 15 is 0 Å². The summed E-state index contributed by atoms with van der Waals surface area (Å²) in [6.45, 7) is 3.21. The van der Waals surface area contributed by atoms with Crippen molar-refractivity contribution in [1.82, 2.24) is 4.90 Å². The lowest BCUT2D eigenvalue weighted by Crippen LogP contribution is -2.19. The molecule has 3 N–H and O–H groups in total. The van der Waals surface area contributed by atoms with E-state index in [9.17, 15) is 0 Å². The fraction of sp³-hybridized carbons (Fsp3) is 0.417. The van der Waals surface area contributed by atoms with Gasteiger partial charge in [0, 0.05) is 17.1 Å². The van der Waals surface area contributed by atoms with E-state index in [-0.39, 0.29) is 5.84 Å². The Bertz CT molecular complexity index is 397. The van der Waals surface area contributed by atoms with Crippen molar-refractivity contribution in [2.75, 3.05) is 13.1 Å². The summed E-state index contributed by atoms with van der Waals surface area (Å²) in [5, 5.41) is 8.04. The van der Waals surface area contributed by atoms with Gasteiger partial charge >= 0.3 is 0 Å². The van der Waals surface area contributed by atoms with Crippen LogP contribution in [0.4, 0.5) is 0 Å². The highest BCUT2D eigenvalue weighted by Gasteiger charge is 2.13. The summed E-state index contributed by atoms with van der Waals surface area (Å²) in [4.78, 5) is 2.40. The van der Waals surface area contributed by atoms with Crippen LogP contribution in [0, 0.1) is 5.41 Å². The molecule has 0 amide bonds. The lowest BCUT2D eigenvalue weighted by atomic mass is 10.1. The van der Waals surface area contributed by atoms with Gasteiger partial charge in [0.25, 0.3) is 0 Å². The zero-order chi connectivity index (χ0) is 11.5. The Morgan fingerprint density at radius 2 is 2.06 bits per heavy atom. The van der Waals surface area contributed by atoms with Crippen molar-refractivity contribution in [3.63, 3.8) is 0 Å². The van der Waals surface area contributed by atoms with Gasteiger partial charge in [-0.1, -0.05) is 23.7 Å². The Hall–Kier alpha value is -1.06. The fourth-order valence-electron chi connectivity index (χ4n) is 2.02. The fourth-order valence-corrected chi connectivity index (χ4v) is 2.27. The van der Waals surface area contributed by atoms with Crippen molar-refractivity contribution in [2.24, 2.45) is 5.73 Å². The standard InChI is InChI=1S/C12H16ClN3/c13-11-7-9(12(14)15)3-4-10(11)8-16-5-1-2-6-16/h3-4,7H,1-2,5-6,8H2,(H3,14,15). The smallest absolute Gasteiger partial charge is 0.122 e. The molecule has 0 aliphatic carbocycles. The molecule has 0 atom stereocenters. The zero-order valence-electron chi connectivity index (χ0n) is 9.17. The third-order valence-corrected chi connectivity index (χ3v) is 3.31. The van der Waals surface area contributed by atoms with Gasteiger partial charge in [-0.15, -0.1) is 0 Å². The van der Waals surface area contributed by atoms with Gasteiger partial charge in [-0.3, -0.25) is 10.3 Å². The third-order valence-electron chi connectivity index (χ3n) is 2.96. The van der Waals surface area contributed by atoms with Gasteiger partial charge in [-0.05, 0) is 37.6 Å². The summed E-state index contributed by atoms with van der Waals surface area (Å²) in [7, 11) is 0. The first kappa shape index (κ1) is 11.4. The topological polar surface area (TPSA) is 53.1 Å². The van der Waals surface area contributed by atoms with Gasteiger partial charge in [-0.25, -0.2) is 0 Å². The molecule has 0 saturated carbocycles. The first-order chi connectivity index (χ1) is 7.66. The number of hydrogen-bond acceptors (Lipinski definition) is 2. The van der Waals surface area contributed by atoms with Crippen LogP contribution in [0.15, 0.2) is 18.2 Å². The van der Waals surface area contributed by atoms with Crippen molar-refractivity contribution < 1.29 is 0 Å². The highest BCUT2D eigenvalue weighted by Crippen LogP contribution is 2.21. The van der Waals surface area contributed by atoms with Crippen molar-refractivity contribution in [3.8, 4) is 0 Å². The quantitative estimate of drug-likeness (QED) is 0.626. The van der Waals surface area contributed by atoms with Gasteiger partial charge in [-0.2, -0.15) is 0 Å². The summed E-state index contributed by atoms with van der Waals surface area (Å²) in [5.74, 6) is 0.0645. The molecule has 0 bridgehead atoms. The molecule has 0 radical (unpaired) electrons. The molecule has 3 nitrogen and oxygen atoms in total. The minimum atomic E-state index is 0.0645. The van der Waals surface area contributed by atoms with E-state index in [1.54, 1.807) is 6.07 Å². The number of nitrogens with two attached hydrogens (primary N) is 1. The van der Waals surface area contributed by atoms with Crippen LogP contribution >= 0.6 is 11.6 Å². The van der Waals surface area contributed by atoms with Gasteiger partial charge in [0.1, 0.15) is 5.84 Å². The minimum absolute atomic E-state index is 0.0645. The highest BCUT2D eigenvalue weighted by molar-refractivity contribution is 6.31. The largest absolute Gasteiger partial charge is 0.384 e. The Labute approximate surface area is 101 Å². The molecular formula is C12H16ClN3. The second-order valence-corrected chi connectivity index (χ2v) is 4.61. The van der Waals surface area contributed by atoms with E-state index in [1.165, 1.54) is 12.8 Å². The number of amidine groups is 1. The SMILES string of the molecule is N=C(N)c1ccc(CN2CCCC2)c(Cl)c1. The summed E-state index contributed by atoms with van der Waals surface area (Å²) in [5.41, 5.74) is 7.22. The molecule has 1 aromatic rings. The van der Waals surface area contributed by atoms with Crippen molar-refractivity contribution >= 4 is 17.4 Å². The second-order valence-electron chi connectivity index (χ2n) is 4.20. The molecule has 1 fully saturated rings. The lowest BCUT2D eigenvalue weighted by molar-refractivity contribution is 0.331. The van der Waals surface area contributed by atoms with Crippen LogP contribution < -0.4 is 5.73 Å². The van der Waals surface area contributed by atoms with Crippen molar-refractivity contribution in [3.05, 3.63) is 34.3 Å². The van der Waals surface area contributed by atoms with Gasteiger partial charge < -0.3 is 5.73 Å². The van der Waals surface area contributed by atoms with Crippen LogP contribution in [-0.4, -0.2) is 23.8 Å². The Morgan fingerprint density at radius 3 is 2.62 bits per heavy atom. The highest BCUT2D eigenvalue weighted by atomic mass is 35.5. The molecule has 1 heterocycles. The molecular weight excluding hydrogens is 222 g/mol. The summed E-state index contributed by atoms with van der Waals surface area (Å²) in [6, 6.07) is 5.60.